The number of carbonyl (C=O) groups is 1. The van der Waals surface area contributed by atoms with Gasteiger partial charge in [0.15, 0.2) is 0 Å². The van der Waals surface area contributed by atoms with E-state index in [1.807, 2.05) is 0 Å². The van der Waals surface area contributed by atoms with Gasteiger partial charge in [0.25, 0.3) is 0 Å². The highest BCUT2D eigenvalue weighted by Crippen LogP contribution is 2.18. The highest BCUT2D eigenvalue weighted by Gasteiger charge is 2.03. The fourth-order valence-corrected chi connectivity index (χ4v) is 8.12. The molecule has 0 heterocycles. The molecule has 56 heavy (non-hydrogen) atoms. The summed E-state index contributed by atoms with van der Waals surface area (Å²) < 4.78 is 5.48. The van der Waals surface area contributed by atoms with Crippen LogP contribution < -0.4 is 0 Å². The van der Waals surface area contributed by atoms with E-state index in [0.29, 0.717) is 13.0 Å². The fourth-order valence-electron chi connectivity index (χ4n) is 8.12. The predicted octanol–water partition coefficient (Wildman–Crippen LogP) is 19.5. The van der Waals surface area contributed by atoms with Crippen LogP contribution in [0.5, 0.6) is 0 Å². The molecule has 0 atom stereocenters. The first-order chi connectivity index (χ1) is 27.7. The van der Waals surface area contributed by atoms with Gasteiger partial charge < -0.3 is 4.74 Å². The Bertz CT molecular complexity index is 781. The summed E-state index contributed by atoms with van der Waals surface area (Å²) in [6.45, 7) is 7.58. The summed E-state index contributed by atoms with van der Waals surface area (Å²) in [6, 6.07) is 0. The number of esters is 1. The third kappa shape index (κ3) is 51.0. The molecule has 0 aromatic heterocycles. The van der Waals surface area contributed by atoms with Crippen molar-refractivity contribution >= 4 is 5.97 Å². The van der Waals surface area contributed by atoms with Gasteiger partial charge in [0, 0.05) is 6.42 Å². The Labute approximate surface area is 354 Å². The molecule has 0 radical (unpaired) electrons. The quantitative estimate of drug-likeness (QED) is 0.0349. The Kier molecular flexibility index (Phi) is 49.2. The van der Waals surface area contributed by atoms with Crippen LogP contribution in [0, 0.1) is 5.92 Å². The van der Waals surface area contributed by atoms with Gasteiger partial charge in [0.2, 0.25) is 0 Å². The summed E-state index contributed by atoms with van der Waals surface area (Å²) in [5, 5.41) is 0. The number of hydrogen-bond acceptors (Lipinski definition) is 2. The molecule has 2 heteroatoms. The first-order valence-corrected chi connectivity index (χ1v) is 26.1. The van der Waals surface area contributed by atoms with Gasteiger partial charge >= 0.3 is 5.97 Å². The summed E-state index contributed by atoms with van der Waals surface area (Å²) in [7, 11) is 0. The fraction of sp³-hybridized carbons (Fsp3) is 0.907. The molecule has 0 unspecified atom stereocenters. The van der Waals surface area contributed by atoms with Crippen molar-refractivity contribution in [2.24, 2.45) is 5.92 Å². The van der Waals surface area contributed by atoms with E-state index in [4.69, 9.17) is 4.74 Å². The minimum Gasteiger partial charge on any atom is -0.466 e. The van der Waals surface area contributed by atoms with Gasteiger partial charge in [-0.3, -0.25) is 4.79 Å². The molecule has 2 nitrogen and oxygen atoms in total. The minimum absolute atomic E-state index is 0.0152. The summed E-state index contributed by atoms with van der Waals surface area (Å²) in [5.41, 5.74) is 0. The number of carbonyl (C=O) groups excluding carboxylic acids is 1. The van der Waals surface area contributed by atoms with Gasteiger partial charge in [-0.25, -0.2) is 0 Å². The second-order valence-electron chi connectivity index (χ2n) is 18.3. The molecular weight excluding hydrogens is 681 g/mol. The van der Waals surface area contributed by atoms with E-state index >= 15 is 0 Å². The molecule has 0 aromatic rings. The van der Waals surface area contributed by atoms with Crippen LogP contribution in [0.15, 0.2) is 24.3 Å². The molecule has 0 aliphatic heterocycles. The molecule has 0 spiro atoms. The minimum atomic E-state index is 0.0152. The van der Waals surface area contributed by atoms with Crippen molar-refractivity contribution in [3.8, 4) is 0 Å². The lowest BCUT2D eigenvalue weighted by Gasteiger charge is -2.06. The van der Waals surface area contributed by atoms with Gasteiger partial charge in [-0.05, 0) is 50.9 Å². The second-order valence-corrected chi connectivity index (χ2v) is 18.3. The van der Waals surface area contributed by atoms with Crippen molar-refractivity contribution in [3.63, 3.8) is 0 Å². The zero-order chi connectivity index (χ0) is 40.5. The van der Waals surface area contributed by atoms with E-state index in [1.165, 1.54) is 250 Å². The van der Waals surface area contributed by atoms with Crippen LogP contribution in [0.2, 0.25) is 0 Å². The van der Waals surface area contributed by atoms with Gasteiger partial charge in [-0.1, -0.05) is 276 Å². The molecule has 332 valence electrons. The van der Waals surface area contributed by atoms with Gasteiger partial charge in [0.05, 0.1) is 6.61 Å². The molecule has 0 saturated heterocycles. The lowest BCUT2D eigenvalue weighted by atomic mass is 10.0. The van der Waals surface area contributed by atoms with Crippen LogP contribution in [-0.4, -0.2) is 12.6 Å². The molecule has 0 fully saturated rings. The van der Waals surface area contributed by atoms with Crippen molar-refractivity contribution < 1.29 is 9.53 Å². The molecule has 0 saturated carbocycles. The summed E-state index contributed by atoms with van der Waals surface area (Å²) in [5.74, 6) is 0.904. The standard InChI is InChI=1S/C54H104O2/c1-4-5-6-7-8-9-10-11-29-33-36-39-42-45-48-51-54(55)56-52-49-46-43-40-37-34-31-28-26-24-22-20-18-16-14-12-13-15-17-19-21-23-25-27-30-32-35-38-41-44-47-50-53(2)3/h8-9,11,29,53H,4-7,10,12-28,30-52H2,1-3H3/b9-8-,29-11-. The molecule has 0 aliphatic rings. The highest BCUT2D eigenvalue weighted by atomic mass is 16.5. The number of rotatable bonds is 48. The number of ether oxygens (including phenoxy) is 1. The maximum atomic E-state index is 12.0. The van der Waals surface area contributed by atoms with E-state index in [0.717, 1.165) is 31.6 Å². The Balaban J connectivity index is 3.16. The molecule has 0 bridgehead atoms. The van der Waals surface area contributed by atoms with Crippen molar-refractivity contribution in [1.29, 1.82) is 0 Å². The summed E-state index contributed by atoms with van der Waals surface area (Å²) in [6.07, 6.45) is 69.0. The largest absolute Gasteiger partial charge is 0.466 e. The van der Waals surface area contributed by atoms with Crippen molar-refractivity contribution in [2.75, 3.05) is 6.61 Å². The lowest BCUT2D eigenvalue weighted by molar-refractivity contribution is -0.143. The van der Waals surface area contributed by atoms with Gasteiger partial charge in [-0.15, -0.1) is 0 Å². The van der Waals surface area contributed by atoms with Crippen molar-refractivity contribution in [2.45, 2.75) is 303 Å². The average Bonchev–Trinajstić information content (AvgIpc) is 3.19. The van der Waals surface area contributed by atoms with E-state index in [9.17, 15) is 4.79 Å². The Morgan fingerprint density at radius 3 is 1.04 bits per heavy atom. The molecular formula is C54H104O2. The topological polar surface area (TPSA) is 26.3 Å². The normalized spacial score (nSPS) is 11.9. The van der Waals surface area contributed by atoms with Crippen LogP contribution in [0.25, 0.3) is 0 Å². The Morgan fingerprint density at radius 2 is 0.679 bits per heavy atom. The number of hydrogen-bond donors (Lipinski definition) is 0. The molecule has 0 rings (SSSR count). The third-order valence-electron chi connectivity index (χ3n) is 12.0. The van der Waals surface area contributed by atoms with Crippen LogP contribution in [0.3, 0.4) is 0 Å². The smallest absolute Gasteiger partial charge is 0.305 e. The molecule has 0 aromatic carbocycles. The highest BCUT2D eigenvalue weighted by molar-refractivity contribution is 5.69. The van der Waals surface area contributed by atoms with Crippen molar-refractivity contribution in [3.05, 3.63) is 24.3 Å². The first-order valence-electron chi connectivity index (χ1n) is 26.1. The Hall–Kier alpha value is -1.05. The van der Waals surface area contributed by atoms with E-state index in [1.54, 1.807) is 0 Å². The second kappa shape index (κ2) is 50.1. The number of allylic oxidation sites excluding steroid dienone is 4. The van der Waals surface area contributed by atoms with Crippen LogP contribution >= 0.6 is 0 Å². The van der Waals surface area contributed by atoms with E-state index in [-0.39, 0.29) is 5.97 Å². The van der Waals surface area contributed by atoms with Crippen LogP contribution in [0.4, 0.5) is 0 Å². The van der Waals surface area contributed by atoms with Gasteiger partial charge in [0.1, 0.15) is 0 Å². The third-order valence-corrected chi connectivity index (χ3v) is 12.0. The first kappa shape index (κ1) is 55.0. The van der Waals surface area contributed by atoms with E-state index in [2.05, 4.69) is 45.1 Å². The summed E-state index contributed by atoms with van der Waals surface area (Å²) >= 11 is 0. The lowest BCUT2D eigenvalue weighted by Crippen LogP contribution is -2.05. The van der Waals surface area contributed by atoms with Crippen molar-refractivity contribution in [1.82, 2.24) is 0 Å². The summed E-state index contributed by atoms with van der Waals surface area (Å²) in [4.78, 5) is 12.0. The Morgan fingerprint density at radius 1 is 0.375 bits per heavy atom. The van der Waals surface area contributed by atoms with Gasteiger partial charge in [-0.2, -0.15) is 0 Å². The molecule has 0 amide bonds. The SMILES string of the molecule is CCCCC/C=C\C/C=C\CCCCCCCC(=O)OCCCCCCCCCCCCCCCCCCCCCCCCCCCCCCCCCC(C)C. The van der Waals surface area contributed by atoms with Crippen LogP contribution in [0.1, 0.15) is 303 Å². The maximum Gasteiger partial charge on any atom is 0.305 e. The van der Waals surface area contributed by atoms with Crippen LogP contribution in [-0.2, 0) is 9.53 Å². The predicted molar refractivity (Wildman–Crippen MR) is 253 cm³/mol. The molecule has 0 N–H and O–H groups in total. The average molecular weight is 785 g/mol. The van der Waals surface area contributed by atoms with E-state index < -0.39 is 0 Å². The monoisotopic (exact) mass is 785 g/mol. The maximum absolute atomic E-state index is 12.0. The zero-order valence-corrected chi connectivity index (χ0v) is 39.0. The number of unbranched alkanes of at least 4 members (excludes halogenated alkanes) is 38. The zero-order valence-electron chi connectivity index (χ0n) is 39.0. The molecule has 0 aliphatic carbocycles.